The van der Waals surface area contributed by atoms with E-state index in [0.29, 0.717) is 24.0 Å². The highest BCUT2D eigenvalue weighted by molar-refractivity contribution is 5.74. The first-order valence-corrected chi connectivity index (χ1v) is 4.98. The third-order valence-corrected chi connectivity index (χ3v) is 2.20. The molecule has 0 atom stereocenters. The summed E-state index contributed by atoms with van der Waals surface area (Å²) in [7, 11) is 0. The van der Waals surface area contributed by atoms with E-state index in [2.05, 4.69) is 0 Å². The van der Waals surface area contributed by atoms with Crippen LogP contribution in [0.3, 0.4) is 0 Å². The minimum Gasteiger partial charge on any atom is -0.451 e. The van der Waals surface area contributed by atoms with Crippen molar-refractivity contribution in [2.45, 2.75) is 0 Å². The predicted octanol–water partition coefficient (Wildman–Crippen LogP) is 3.71. The summed E-state index contributed by atoms with van der Waals surface area (Å²) >= 11 is 0. The highest BCUT2D eigenvalue weighted by Crippen LogP contribution is 2.28. The SMILES string of the molecule is O=Cc1ccc(Oc2c(F)cc(F)cc2F)cc1. The minimum absolute atomic E-state index is 0.144. The van der Waals surface area contributed by atoms with E-state index in [4.69, 9.17) is 4.74 Å². The van der Waals surface area contributed by atoms with Crippen molar-refractivity contribution in [2.75, 3.05) is 0 Å². The van der Waals surface area contributed by atoms with Crippen LogP contribution in [-0.4, -0.2) is 6.29 Å². The first-order chi connectivity index (χ1) is 8.60. The lowest BCUT2D eigenvalue weighted by atomic mass is 10.2. The lowest BCUT2D eigenvalue weighted by Crippen LogP contribution is -1.94. The molecule has 0 N–H and O–H groups in total. The van der Waals surface area contributed by atoms with Crippen molar-refractivity contribution in [1.29, 1.82) is 0 Å². The van der Waals surface area contributed by atoms with Gasteiger partial charge in [-0.1, -0.05) is 0 Å². The molecule has 0 unspecified atom stereocenters. The van der Waals surface area contributed by atoms with E-state index in [-0.39, 0.29) is 5.75 Å². The second kappa shape index (κ2) is 4.91. The summed E-state index contributed by atoms with van der Waals surface area (Å²) < 4.78 is 44.2. The Kier molecular flexibility index (Phi) is 3.32. The average Bonchev–Trinajstić information content (AvgIpc) is 2.34. The summed E-state index contributed by atoms with van der Waals surface area (Å²) in [5, 5.41) is 0. The number of carbonyl (C=O) groups excluding carboxylic acids is 1. The minimum atomic E-state index is -1.13. The zero-order valence-corrected chi connectivity index (χ0v) is 8.99. The summed E-state index contributed by atoms with van der Waals surface area (Å²) in [6.45, 7) is 0. The van der Waals surface area contributed by atoms with Crippen molar-refractivity contribution >= 4 is 6.29 Å². The van der Waals surface area contributed by atoms with Gasteiger partial charge >= 0.3 is 0 Å². The Morgan fingerprint density at radius 1 is 0.944 bits per heavy atom. The Bertz CT molecular complexity index is 556. The fourth-order valence-electron chi connectivity index (χ4n) is 1.36. The maximum atomic E-state index is 13.3. The van der Waals surface area contributed by atoms with Crippen LogP contribution in [-0.2, 0) is 0 Å². The Morgan fingerprint density at radius 2 is 1.50 bits per heavy atom. The molecule has 0 saturated heterocycles. The third kappa shape index (κ3) is 2.51. The molecule has 2 aromatic rings. The fraction of sp³-hybridized carbons (Fsp3) is 0. The van der Waals surface area contributed by atoms with Crippen LogP contribution in [0.2, 0.25) is 0 Å². The maximum absolute atomic E-state index is 13.3. The first-order valence-electron chi connectivity index (χ1n) is 4.98. The highest BCUT2D eigenvalue weighted by atomic mass is 19.1. The maximum Gasteiger partial charge on any atom is 0.198 e. The molecule has 0 aliphatic heterocycles. The number of rotatable bonds is 3. The molecule has 0 aliphatic carbocycles. The molecular formula is C13H7F3O2. The van der Waals surface area contributed by atoms with Gasteiger partial charge < -0.3 is 4.74 Å². The molecule has 2 nitrogen and oxygen atoms in total. The molecule has 0 amide bonds. The number of hydrogen-bond acceptors (Lipinski definition) is 2. The van der Waals surface area contributed by atoms with Gasteiger partial charge in [0.25, 0.3) is 0 Å². The van der Waals surface area contributed by atoms with Crippen molar-refractivity contribution in [2.24, 2.45) is 0 Å². The number of halogens is 3. The van der Waals surface area contributed by atoms with E-state index in [1.165, 1.54) is 24.3 Å². The highest BCUT2D eigenvalue weighted by Gasteiger charge is 2.13. The van der Waals surface area contributed by atoms with Crippen molar-refractivity contribution in [1.82, 2.24) is 0 Å². The van der Waals surface area contributed by atoms with Crippen LogP contribution in [0.1, 0.15) is 10.4 Å². The van der Waals surface area contributed by atoms with Gasteiger partial charge in [-0.3, -0.25) is 4.79 Å². The van der Waals surface area contributed by atoms with Gasteiger partial charge in [0.2, 0.25) is 0 Å². The molecule has 0 radical (unpaired) electrons. The predicted molar refractivity (Wildman–Crippen MR) is 58.2 cm³/mol. The molecule has 0 aliphatic rings. The lowest BCUT2D eigenvalue weighted by Gasteiger charge is -2.07. The molecule has 0 aromatic heterocycles. The van der Waals surface area contributed by atoms with E-state index in [0.717, 1.165) is 0 Å². The van der Waals surface area contributed by atoms with Crippen molar-refractivity contribution < 1.29 is 22.7 Å². The second-order valence-electron chi connectivity index (χ2n) is 3.49. The monoisotopic (exact) mass is 252 g/mol. The van der Waals surface area contributed by atoms with Crippen molar-refractivity contribution in [3.63, 3.8) is 0 Å². The van der Waals surface area contributed by atoms with Crippen LogP contribution in [0.15, 0.2) is 36.4 Å². The number of hydrogen-bond donors (Lipinski definition) is 0. The number of carbonyl (C=O) groups is 1. The topological polar surface area (TPSA) is 26.3 Å². The van der Waals surface area contributed by atoms with Crippen LogP contribution in [0.25, 0.3) is 0 Å². The van der Waals surface area contributed by atoms with Gasteiger partial charge in [-0.15, -0.1) is 0 Å². The number of aldehydes is 1. The Balaban J connectivity index is 2.30. The zero-order valence-electron chi connectivity index (χ0n) is 8.99. The van der Waals surface area contributed by atoms with Crippen LogP contribution in [0.4, 0.5) is 13.2 Å². The Labute approximate surface area is 101 Å². The smallest absolute Gasteiger partial charge is 0.198 e. The molecular weight excluding hydrogens is 245 g/mol. The van der Waals surface area contributed by atoms with E-state index in [9.17, 15) is 18.0 Å². The van der Waals surface area contributed by atoms with Gasteiger partial charge in [-0.25, -0.2) is 13.2 Å². The zero-order chi connectivity index (χ0) is 13.1. The molecule has 0 spiro atoms. The van der Waals surface area contributed by atoms with Crippen LogP contribution in [0, 0.1) is 17.5 Å². The lowest BCUT2D eigenvalue weighted by molar-refractivity contribution is 0.112. The van der Waals surface area contributed by atoms with Crippen LogP contribution in [0.5, 0.6) is 11.5 Å². The normalized spacial score (nSPS) is 10.2. The van der Waals surface area contributed by atoms with E-state index in [1.54, 1.807) is 0 Å². The second-order valence-corrected chi connectivity index (χ2v) is 3.49. The molecule has 0 saturated carbocycles. The van der Waals surface area contributed by atoms with Crippen LogP contribution >= 0.6 is 0 Å². The van der Waals surface area contributed by atoms with E-state index in [1.807, 2.05) is 0 Å². The van der Waals surface area contributed by atoms with Crippen LogP contribution < -0.4 is 4.74 Å². The molecule has 92 valence electrons. The third-order valence-electron chi connectivity index (χ3n) is 2.20. The fourth-order valence-corrected chi connectivity index (χ4v) is 1.36. The average molecular weight is 252 g/mol. The summed E-state index contributed by atoms with van der Waals surface area (Å²) in [6, 6.07) is 6.68. The summed E-state index contributed by atoms with van der Waals surface area (Å²) in [5.74, 6) is -3.83. The molecule has 0 heterocycles. The number of benzene rings is 2. The molecule has 2 aromatic carbocycles. The van der Waals surface area contributed by atoms with Gasteiger partial charge in [-0.05, 0) is 24.3 Å². The van der Waals surface area contributed by atoms with Gasteiger partial charge in [0, 0.05) is 17.7 Å². The van der Waals surface area contributed by atoms with Gasteiger partial charge in [-0.2, -0.15) is 0 Å². The van der Waals surface area contributed by atoms with Gasteiger partial charge in [0.1, 0.15) is 17.9 Å². The summed E-state index contributed by atoms with van der Waals surface area (Å²) in [6.07, 6.45) is 0.628. The summed E-state index contributed by atoms with van der Waals surface area (Å²) in [4.78, 5) is 10.4. The number of ether oxygens (including phenoxy) is 1. The largest absolute Gasteiger partial charge is 0.451 e. The van der Waals surface area contributed by atoms with E-state index >= 15 is 0 Å². The Hall–Kier alpha value is -2.30. The molecule has 18 heavy (non-hydrogen) atoms. The molecule has 0 fully saturated rings. The molecule has 2 rings (SSSR count). The van der Waals surface area contributed by atoms with Crippen molar-refractivity contribution in [3.05, 3.63) is 59.4 Å². The quantitative estimate of drug-likeness (QED) is 0.778. The Morgan fingerprint density at radius 3 is 2.00 bits per heavy atom. The van der Waals surface area contributed by atoms with Crippen molar-refractivity contribution in [3.8, 4) is 11.5 Å². The van der Waals surface area contributed by atoms with E-state index < -0.39 is 23.2 Å². The van der Waals surface area contributed by atoms with Gasteiger partial charge in [0.15, 0.2) is 17.4 Å². The molecule has 0 bridgehead atoms. The first kappa shape index (κ1) is 12.2. The standard InChI is InChI=1S/C13H7F3O2/c14-9-5-11(15)13(12(16)6-9)18-10-3-1-8(7-17)2-4-10/h1-7H. The summed E-state index contributed by atoms with van der Waals surface area (Å²) in [5.41, 5.74) is 0.405. The molecule has 5 heteroatoms. The van der Waals surface area contributed by atoms with Gasteiger partial charge in [0.05, 0.1) is 0 Å².